The monoisotopic (exact) mass is 286 g/mol. The summed E-state index contributed by atoms with van der Waals surface area (Å²) >= 11 is 0. The predicted molar refractivity (Wildman–Crippen MR) is 80.1 cm³/mol. The van der Waals surface area contributed by atoms with Gasteiger partial charge in [0.1, 0.15) is 0 Å². The van der Waals surface area contributed by atoms with Crippen molar-refractivity contribution in [2.75, 3.05) is 6.54 Å². The first-order chi connectivity index (χ1) is 10.1. The number of fused-ring (bicyclic) bond motifs is 1. The van der Waals surface area contributed by atoms with Crippen molar-refractivity contribution in [3.8, 4) is 0 Å². The smallest absolute Gasteiger partial charge is 0.308 e. The number of rotatable bonds is 6. The van der Waals surface area contributed by atoms with Gasteiger partial charge in [0.15, 0.2) is 0 Å². The zero-order valence-electron chi connectivity index (χ0n) is 11.9. The lowest BCUT2D eigenvalue weighted by atomic mass is 10.0. The second-order valence-electron chi connectivity index (χ2n) is 4.91. The van der Waals surface area contributed by atoms with E-state index in [9.17, 15) is 9.59 Å². The summed E-state index contributed by atoms with van der Waals surface area (Å²) in [4.78, 5) is 27.6. The molecular formula is C16H18N2O3. The van der Waals surface area contributed by atoms with Crippen LogP contribution in [0.2, 0.25) is 0 Å². The largest absolute Gasteiger partial charge is 0.481 e. The molecule has 5 heteroatoms. The van der Waals surface area contributed by atoms with Crippen LogP contribution in [-0.2, 0) is 4.79 Å². The molecule has 1 heterocycles. The number of hydrogen-bond donors (Lipinski definition) is 2. The third-order valence-electron chi connectivity index (χ3n) is 3.37. The third-order valence-corrected chi connectivity index (χ3v) is 3.37. The Kier molecular flexibility index (Phi) is 4.87. The van der Waals surface area contributed by atoms with Gasteiger partial charge in [-0.25, -0.2) is 0 Å². The highest BCUT2D eigenvalue weighted by Gasteiger charge is 2.18. The lowest BCUT2D eigenvalue weighted by molar-refractivity contribution is -0.141. The van der Waals surface area contributed by atoms with Crippen molar-refractivity contribution >= 4 is 22.8 Å². The average molecular weight is 286 g/mol. The van der Waals surface area contributed by atoms with Gasteiger partial charge in [-0.2, -0.15) is 0 Å². The summed E-state index contributed by atoms with van der Waals surface area (Å²) in [5, 5.41) is 12.7. The van der Waals surface area contributed by atoms with E-state index in [0.717, 1.165) is 11.8 Å². The lowest BCUT2D eigenvalue weighted by Gasteiger charge is -2.13. The van der Waals surface area contributed by atoms with Crippen LogP contribution >= 0.6 is 0 Å². The first-order valence-electron chi connectivity index (χ1n) is 6.98. The van der Waals surface area contributed by atoms with Crippen molar-refractivity contribution in [1.29, 1.82) is 0 Å². The van der Waals surface area contributed by atoms with E-state index in [1.165, 1.54) is 0 Å². The average Bonchev–Trinajstić information content (AvgIpc) is 2.50. The first-order valence-corrected chi connectivity index (χ1v) is 6.98. The molecule has 0 fully saturated rings. The number of pyridine rings is 1. The van der Waals surface area contributed by atoms with Crippen LogP contribution in [0.1, 0.15) is 30.1 Å². The first kappa shape index (κ1) is 15.0. The topological polar surface area (TPSA) is 79.3 Å². The van der Waals surface area contributed by atoms with Crippen LogP contribution in [0.15, 0.2) is 36.5 Å². The van der Waals surface area contributed by atoms with Gasteiger partial charge >= 0.3 is 5.97 Å². The molecule has 110 valence electrons. The second-order valence-corrected chi connectivity index (χ2v) is 4.91. The van der Waals surface area contributed by atoms with Crippen LogP contribution in [0.4, 0.5) is 0 Å². The van der Waals surface area contributed by atoms with E-state index in [0.29, 0.717) is 17.5 Å². The number of nitrogens with zero attached hydrogens (tertiary/aromatic N) is 1. The minimum Gasteiger partial charge on any atom is -0.481 e. The predicted octanol–water partition coefficient (Wildman–Crippen LogP) is 2.47. The molecule has 1 atom stereocenters. The number of carboxylic acid groups (broad SMARTS) is 1. The number of aromatic nitrogens is 1. The summed E-state index contributed by atoms with van der Waals surface area (Å²) in [6.45, 7) is 2.05. The van der Waals surface area contributed by atoms with E-state index in [2.05, 4.69) is 10.3 Å². The van der Waals surface area contributed by atoms with Crippen molar-refractivity contribution in [2.24, 2.45) is 5.92 Å². The number of carbonyl (C=O) groups excluding carboxylic acids is 1. The number of nitrogens with one attached hydrogen (secondary N) is 1. The van der Waals surface area contributed by atoms with Crippen molar-refractivity contribution in [2.45, 2.75) is 19.8 Å². The summed E-state index contributed by atoms with van der Waals surface area (Å²) in [5.41, 5.74) is 1.09. The van der Waals surface area contributed by atoms with Crippen LogP contribution < -0.4 is 5.32 Å². The standard InChI is InChI=1S/C16H18N2O3/c1-2-5-12(16(20)21)10-18-15(19)13-8-3-6-11-7-4-9-17-14(11)13/h3-4,6-9,12H,2,5,10H2,1H3,(H,18,19)(H,20,21). The fraction of sp³-hybridized carbons (Fsp3) is 0.312. The van der Waals surface area contributed by atoms with Gasteiger partial charge in [0.05, 0.1) is 17.0 Å². The fourth-order valence-electron chi connectivity index (χ4n) is 2.26. The molecule has 0 saturated carbocycles. The second kappa shape index (κ2) is 6.83. The van der Waals surface area contributed by atoms with Gasteiger partial charge in [0.2, 0.25) is 0 Å². The van der Waals surface area contributed by atoms with Gasteiger partial charge in [-0.3, -0.25) is 14.6 Å². The fourth-order valence-corrected chi connectivity index (χ4v) is 2.26. The molecular weight excluding hydrogens is 268 g/mol. The van der Waals surface area contributed by atoms with Gasteiger partial charge in [-0.05, 0) is 18.6 Å². The SMILES string of the molecule is CCCC(CNC(=O)c1cccc2cccnc12)C(=O)O. The minimum absolute atomic E-state index is 0.130. The Balaban J connectivity index is 2.14. The zero-order chi connectivity index (χ0) is 15.2. The molecule has 0 aliphatic rings. The molecule has 21 heavy (non-hydrogen) atoms. The number of benzene rings is 1. The number of para-hydroxylation sites is 1. The molecule has 2 aromatic rings. The molecule has 0 radical (unpaired) electrons. The Morgan fingerprint density at radius 1 is 1.29 bits per heavy atom. The highest BCUT2D eigenvalue weighted by molar-refractivity contribution is 6.05. The lowest BCUT2D eigenvalue weighted by Crippen LogP contribution is -2.33. The van der Waals surface area contributed by atoms with Gasteiger partial charge in [0.25, 0.3) is 5.91 Å². The van der Waals surface area contributed by atoms with Crippen molar-refractivity contribution < 1.29 is 14.7 Å². The van der Waals surface area contributed by atoms with Gasteiger partial charge in [0, 0.05) is 18.1 Å². The quantitative estimate of drug-likeness (QED) is 0.855. The number of hydrogen-bond acceptors (Lipinski definition) is 3. The third kappa shape index (κ3) is 3.56. The minimum atomic E-state index is -0.881. The Labute approximate surface area is 123 Å². The van der Waals surface area contributed by atoms with Crippen molar-refractivity contribution in [3.05, 3.63) is 42.1 Å². The van der Waals surface area contributed by atoms with Crippen LogP contribution in [-0.4, -0.2) is 28.5 Å². The van der Waals surface area contributed by atoms with Gasteiger partial charge in [-0.15, -0.1) is 0 Å². The van der Waals surface area contributed by atoms with Crippen LogP contribution in [0.25, 0.3) is 10.9 Å². The molecule has 0 bridgehead atoms. The highest BCUT2D eigenvalue weighted by Crippen LogP contribution is 2.16. The molecule has 1 amide bonds. The number of carbonyl (C=O) groups is 2. The number of aliphatic carboxylic acids is 1. The van der Waals surface area contributed by atoms with E-state index in [4.69, 9.17) is 5.11 Å². The molecule has 2 N–H and O–H groups in total. The molecule has 0 aliphatic carbocycles. The molecule has 0 spiro atoms. The molecule has 1 aromatic heterocycles. The number of carboxylic acids is 1. The maximum Gasteiger partial charge on any atom is 0.308 e. The molecule has 5 nitrogen and oxygen atoms in total. The molecule has 2 rings (SSSR count). The van der Waals surface area contributed by atoms with Crippen LogP contribution in [0.3, 0.4) is 0 Å². The summed E-state index contributed by atoms with van der Waals surface area (Å²) in [6.07, 6.45) is 2.95. The van der Waals surface area contributed by atoms with E-state index < -0.39 is 11.9 Å². The Morgan fingerprint density at radius 3 is 2.76 bits per heavy atom. The molecule has 0 saturated heterocycles. The highest BCUT2D eigenvalue weighted by atomic mass is 16.4. The summed E-state index contributed by atoms with van der Waals surface area (Å²) < 4.78 is 0. The van der Waals surface area contributed by atoms with Crippen LogP contribution in [0.5, 0.6) is 0 Å². The zero-order valence-corrected chi connectivity index (χ0v) is 11.9. The van der Waals surface area contributed by atoms with Crippen LogP contribution in [0, 0.1) is 5.92 Å². The Hall–Kier alpha value is -2.43. The normalized spacial score (nSPS) is 12.0. The van der Waals surface area contributed by atoms with Crippen molar-refractivity contribution in [1.82, 2.24) is 10.3 Å². The van der Waals surface area contributed by atoms with E-state index in [1.54, 1.807) is 18.3 Å². The summed E-state index contributed by atoms with van der Waals surface area (Å²) in [5.74, 6) is -1.73. The molecule has 0 aliphatic heterocycles. The summed E-state index contributed by atoms with van der Waals surface area (Å²) in [6, 6.07) is 9.07. The maximum atomic E-state index is 12.2. The Bertz CT molecular complexity index is 650. The van der Waals surface area contributed by atoms with Gasteiger partial charge in [-0.1, -0.05) is 31.5 Å². The number of amides is 1. The maximum absolute atomic E-state index is 12.2. The van der Waals surface area contributed by atoms with Gasteiger partial charge < -0.3 is 10.4 Å². The Morgan fingerprint density at radius 2 is 2.05 bits per heavy atom. The molecule has 1 aromatic carbocycles. The van der Waals surface area contributed by atoms with Crippen molar-refractivity contribution in [3.63, 3.8) is 0 Å². The summed E-state index contributed by atoms with van der Waals surface area (Å²) in [7, 11) is 0. The van der Waals surface area contributed by atoms with E-state index >= 15 is 0 Å². The van der Waals surface area contributed by atoms with E-state index in [-0.39, 0.29) is 12.5 Å². The molecule has 1 unspecified atom stereocenters. The van der Waals surface area contributed by atoms with E-state index in [1.807, 2.05) is 25.1 Å².